The van der Waals surface area contributed by atoms with Crippen molar-refractivity contribution in [2.24, 2.45) is 7.05 Å². The lowest BCUT2D eigenvalue weighted by Crippen LogP contribution is -2.22. The van der Waals surface area contributed by atoms with Gasteiger partial charge in [0.15, 0.2) is 0 Å². The summed E-state index contributed by atoms with van der Waals surface area (Å²) in [6.45, 7) is -0.152. The molecule has 1 heterocycles. The maximum atomic E-state index is 11.9. The Morgan fingerprint density at radius 1 is 1.41 bits per heavy atom. The number of nitrogens with zero attached hydrogens (tertiary/aromatic N) is 3. The average Bonchev–Trinajstić information content (AvgIpc) is 2.65. The normalized spacial score (nSPS) is 10.5. The molecule has 0 saturated carbocycles. The van der Waals surface area contributed by atoms with E-state index in [2.05, 4.69) is 5.10 Å². The topological polar surface area (TPSA) is 69.3 Å². The Balaban J connectivity index is 2.72. The van der Waals surface area contributed by atoms with Crippen molar-refractivity contribution in [3.63, 3.8) is 0 Å². The van der Waals surface area contributed by atoms with Crippen LogP contribution in [0.1, 0.15) is 5.56 Å². The maximum Gasteiger partial charge on any atom is 0.353 e. The van der Waals surface area contributed by atoms with E-state index >= 15 is 0 Å². The van der Waals surface area contributed by atoms with E-state index in [1.807, 2.05) is 0 Å². The van der Waals surface area contributed by atoms with Crippen LogP contribution in [0.2, 0.25) is 0 Å². The van der Waals surface area contributed by atoms with Gasteiger partial charge < -0.3 is 9.84 Å². The van der Waals surface area contributed by atoms with E-state index in [1.54, 1.807) is 31.3 Å². The van der Waals surface area contributed by atoms with E-state index < -0.39 is 0 Å². The van der Waals surface area contributed by atoms with Gasteiger partial charge in [0.1, 0.15) is 0 Å². The third-order valence-corrected chi connectivity index (χ3v) is 2.48. The predicted molar refractivity (Wildman–Crippen MR) is 61.3 cm³/mol. The zero-order chi connectivity index (χ0) is 12.4. The highest BCUT2D eigenvalue weighted by atomic mass is 16.5. The zero-order valence-electron chi connectivity index (χ0n) is 9.62. The van der Waals surface area contributed by atoms with Gasteiger partial charge in [-0.2, -0.15) is 0 Å². The van der Waals surface area contributed by atoms with Crippen LogP contribution in [0.3, 0.4) is 0 Å². The first-order chi connectivity index (χ1) is 8.19. The number of para-hydroxylation sites is 1. The molecule has 0 radical (unpaired) electrons. The lowest BCUT2D eigenvalue weighted by atomic mass is 10.2. The van der Waals surface area contributed by atoms with Crippen LogP contribution in [0.25, 0.3) is 5.69 Å². The average molecular weight is 235 g/mol. The minimum Gasteiger partial charge on any atom is -0.467 e. The summed E-state index contributed by atoms with van der Waals surface area (Å²) in [5.74, 6) is 0. The van der Waals surface area contributed by atoms with E-state index in [4.69, 9.17) is 4.74 Å². The Morgan fingerprint density at radius 2 is 2.12 bits per heavy atom. The molecule has 0 atom stereocenters. The molecule has 0 aliphatic carbocycles. The first-order valence-corrected chi connectivity index (χ1v) is 5.08. The van der Waals surface area contributed by atoms with Crippen molar-refractivity contribution in [3.05, 3.63) is 40.3 Å². The molecule has 0 aliphatic rings. The number of methoxy groups -OCH3 is 1. The van der Waals surface area contributed by atoms with E-state index in [0.29, 0.717) is 11.3 Å². The van der Waals surface area contributed by atoms with Crippen molar-refractivity contribution < 1.29 is 9.84 Å². The summed E-state index contributed by atoms with van der Waals surface area (Å²) in [6.07, 6.45) is 0. The van der Waals surface area contributed by atoms with Crippen LogP contribution in [0.15, 0.2) is 29.1 Å². The van der Waals surface area contributed by atoms with Gasteiger partial charge in [0.2, 0.25) is 0 Å². The summed E-state index contributed by atoms with van der Waals surface area (Å²) in [7, 11) is 2.99. The summed E-state index contributed by atoms with van der Waals surface area (Å²) in [4.78, 5) is 11.9. The molecule has 0 fully saturated rings. The molecule has 17 heavy (non-hydrogen) atoms. The van der Waals surface area contributed by atoms with Gasteiger partial charge in [0.05, 0.1) is 19.4 Å². The van der Waals surface area contributed by atoms with Crippen molar-refractivity contribution in [3.8, 4) is 11.7 Å². The number of aromatic nitrogens is 3. The number of rotatable bonds is 3. The number of aryl methyl sites for hydroxylation is 1. The second kappa shape index (κ2) is 4.42. The SMILES string of the molecule is COc1nn(C)c(=O)n1-c1ccccc1CO. The highest BCUT2D eigenvalue weighted by Crippen LogP contribution is 2.17. The molecule has 0 spiro atoms. The number of hydrogen-bond donors (Lipinski definition) is 1. The molecule has 90 valence electrons. The standard InChI is InChI=1S/C11H13N3O3/c1-13-11(16)14(10(12-13)17-2)9-6-4-3-5-8(9)7-15/h3-6,15H,7H2,1-2H3. The van der Waals surface area contributed by atoms with Gasteiger partial charge in [-0.25, -0.2) is 14.0 Å². The number of aliphatic hydroxyl groups is 1. The van der Waals surface area contributed by atoms with Gasteiger partial charge in [-0.15, -0.1) is 5.10 Å². The molecule has 1 N–H and O–H groups in total. The lowest BCUT2D eigenvalue weighted by Gasteiger charge is -2.08. The minimum absolute atomic E-state index is 0.152. The Bertz CT molecular complexity index is 586. The molecular weight excluding hydrogens is 222 g/mol. The molecule has 6 heteroatoms. The van der Waals surface area contributed by atoms with E-state index in [-0.39, 0.29) is 18.3 Å². The van der Waals surface area contributed by atoms with Crippen LogP contribution in [-0.2, 0) is 13.7 Å². The Labute approximate surface area is 97.7 Å². The maximum absolute atomic E-state index is 11.9. The summed E-state index contributed by atoms with van der Waals surface area (Å²) in [6, 6.07) is 7.25. The van der Waals surface area contributed by atoms with Crippen molar-refractivity contribution in [1.29, 1.82) is 0 Å². The summed E-state index contributed by atoms with van der Waals surface area (Å²) in [5.41, 5.74) is 0.897. The monoisotopic (exact) mass is 235 g/mol. The molecule has 2 aromatic rings. The molecule has 1 aromatic carbocycles. The minimum atomic E-state index is -0.317. The molecule has 1 aromatic heterocycles. The molecule has 2 rings (SSSR count). The Hall–Kier alpha value is -2.08. The quantitative estimate of drug-likeness (QED) is 0.817. The number of ether oxygens (including phenoxy) is 1. The van der Waals surface area contributed by atoms with Crippen LogP contribution in [-0.4, -0.2) is 26.6 Å². The van der Waals surface area contributed by atoms with Crippen molar-refractivity contribution in [2.45, 2.75) is 6.61 Å². The van der Waals surface area contributed by atoms with Gasteiger partial charge in [-0.3, -0.25) is 0 Å². The van der Waals surface area contributed by atoms with Crippen LogP contribution in [0, 0.1) is 0 Å². The molecule has 0 saturated heterocycles. The second-order valence-corrected chi connectivity index (χ2v) is 3.52. The van der Waals surface area contributed by atoms with Crippen molar-refractivity contribution >= 4 is 0 Å². The molecular formula is C11H13N3O3. The summed E-state index contributed by atoms with van der Waals surface area (Å²) < 4.78 is 7.56. The Morgan fingerprint density at radius 3 is 2.76 bits per heavy atom. The van der Waals surface area contributed by atoms with E-state index in [1.165, 1.54) is 16.4 Å². The van der Waals surface area contributed by atoms with Gasteiger partial charge in [0, 0.05) is 12.6 Å². The molecule has 0 unspecified atom stereocenters. The first-order valence-electron chi connectivity index (χ1n) is 5.08. The number of benzene rings is 1. The zero-order valence-corrected chi connectivity index (χ0v) is 9.62. The van der Waals surface area contributed by atoms with Crippen molar-refractivity contribution in [2.75, 3.05) is 7.11 Å². The smallest absolute Gasteiger partial charge is 0.353 e. The van der Waals surface area contributed by atoms with E-state index in [0.717, 1.165) is 0 Å². The van der Waals surface area contributed by atoms with Gasteiger partial charge in [-0.1, -0.05) is 18.2 Å². The highest BCUT2D eigenvalue weighted by molar-refractivity contribution is 5.42. The summed E-state index contributed by atoms with van der Waals surface area (Å²) in [5, 5.41) is 13.2. The first kappa shape index (κ1) is 11.4. The van der Waals surface area contributed by atoms with Crippen molar-refractivity contribution in [1.82, 2.24) is 14.3 Å². The van der Waals surface area contributed by atoms with Gasteiger partial charge in [0.25, 0.3) is 0 Å². The Kier molecular flexibility index (Phi) is 2.97. The third kappa shape index (κ3) is 1.83. The second-order valence-electron chi connectivity index (χ2n) is 3.52. The van der Waals surface area contributed by atoms with Gasteiger partial charge in [-0.05, 0) is 6.07 Å². The lowest BCUT2D eigenvalue weighted by molar-refractivity contribution is 0.281. The molecule has 0 amide bonds. The molecule has 0 aliphatic heterocycles. The van der Waals surface area contributed by atoms with Gasteiger partial charge >= 0.3 is 11.7 Å². The van der Waals surface area contributed by atoms with Crippen LogP contribution >= 0.6 is 0 Å². The summed E-state index contributed by atoms with van der Waals surface area (Å²) >= 11 is 0. The fourth-order valence-corrected chi connectivity index (χ4v) is 1.64. The fraction of sp³-hybridized carbons (Fsp3) is 0.273. The van der Waals surface area contributed by atoms with E-state index in [9.17, 15) is 9.90 Å². The third-order valence-electron chi connectivity index (χ3n) is 2.48. The largest absolute Gasteiger partial charge is 0.467 e. The molecule has 0 bridgehead atoms. The van der Waals surface area contributed by atoms with Crippen LogP contribution < -0.4 is 10.4 Å². The van der Waals surface area contributed by atoms with Crippen LogP contribution in [0.4, 0.5) is 0 Å². The predicted octanol–water partition coefficient (Wildman–Crippen LogP) is 0.0719. The fourth-order valence-electron chi connectivity index (χ4n) is 1.64. The highest BCUT2D eigenvalue weighted by Gasteiger charge is 2.15. The van der Waals surface area contributed by atoms with Crippen LogP contribution in [0.5, 0.6) is 6.01 Å². The number of aliphatic hydroxyl groups excluding tert-OH is 1. The number of hydrogen-bond acceptors (Lipinski definition) is 4. The molecule has 6 nitrogen and oxygen atoms in total.